The Morgan fingerprint density at radius 2 is 2.00 bits per heavy atom. The first kappa shape index (κ1) is 17.1. The zero-order valence-corrected chi connectivity index (χ0v) is 12.9. The van der Waals surface area contributed by atoms with Gasteiger partial charge in [0.2, 0.25) is 0 Å². The Morgan fingerprint density at radius 3 is 2.64 bits per heavy atom. The van der Waals surface area contributed by atoms with Crippen LogP contribution < -0.4 is 5.32 Å². The maximum Gasteiger partial charge on any atom is 0.394 e. The number of nitrogens with zero attached hydrogens (tertiary/aromatic N) is 1. The number of urea groups is 1. The van der Waals surface area contributed by atoms with Crippen LogP contribution in [0.3, 0.4) is 0 Å². The van der Waals surface area contributed by atoms with Crippen LogP contribution in [-0.2, 0) is 11.3 Å². The smallest absolute Gasteiger partial charge is 0.394 e. The van der Waals surface area contributed by atoms with Gasteiger partial charge in [-0.05, 0) is 6.07 Å². The summed E-state index contributed by atoms with van der Waals surface area (Å²) < 4.78 is 44.2. The van der Waals surface area contributed by atoms with E-state index in [0.29, 0.717) is 11.1 Å². The Balaban J connectivity index is 1.66. The Morgan fingerprint density at radius 1 is 1.28 bits per heavy atom. The largest absolute Gasteiger partial charge is 0.481 e. The van der Waals surface area contributed by atoms with Gasteiger partial charge >= 0.3 is 18.2 Å². The lowest BCUT2D eigenvalue weighted by Crippen LogP contribution is -2.39. The molecule has 1 saturated heterocycles. The van der Waals surface area contributed by atoms with E-state index in [1.165, 1.54) is 6.26 Å². The molecule has 0 radical (unpaired) electrons. The highest BCUT2D eigenvalue weighted by molar-refractivity contribution is 5.82. The molecule has 25 heavy (non-hydrogen) atoms. The lowest BCUT2D eigenvalue weighted by Gasteiger charge is -2.18. The summed E-state index contributed by atoms with van der Waals surface area (Å²) >= 11 is 0. The summed E-state index contributed by atoms with van der Waals surface area (Å²) in [5.41, 5.74) is 1.32. The number of amides is 2. The molecule has 1 aliphatic heterocycles. The van der Waals surface area contributed by atoms with E-state index in [1.807, 2.05) is 0 Å². The van der Waals surface area contributed by atoms with Gasteiger partial charge in [-0.1, -0.05) is 18.2 Å². The summed E-state index contributed by atoms with van der Waals surface area (Å²) in [6.45, 7) is -1.07. The molecule has 9 heteroatoms. The van der Waals surface area contributed by atoms with Crippen LogP contribution in [0.15, 0.2) is 34.9 Å². The number of para-hydroxylation sites is 1. The van der Waals surface area contributed by atoms with E-state index in [4.69, 9.17) is 9.52 Å². The predicted molar refractivity (Wildman–Crippen MR) is 80.7 cm³/mol. The number of hydrogen-bond acceptors (Lipinski definition) is 3. The van der Waals surface area contributed by atoms with Crippen molar-refractivity contribution in [2.45, 2.75) is 12.7 Å². The second-order valence-electron chi connectivity index (χ2n) is 5.91. The lowest BCUT2D eigenvalue weighted by atomic mass is 9.96. The molecule has 2 aromatic rings. The summed E-state index contributed by atoms with van der Waals surface area (Å²) in [4.78, 5) is 24.1. The minimum Gasteiger partial charge on any atom is -0.481 e. The Labute approximate surface area is 140 Å². The molecule has 2 amide bonds. The fraction of sp³-hybridized carbons (Fsp3) is 0.375. The average molecular weight is 356 g/mol. The number of nitrogens with one attached hydrogen (secondary N) is 1. The van der Waals surface area contributed by atoms with Gasteiger partial charge in [-0.15, -0.1) is 0 Å². The first-order chi connectivity index (χ1) is 11.8. The number of alkyl halides is 3. The number of likely N-dealkylation sites (tertiary alicyclic amines) is 1. The molecular weight excluding hydrogens is 341 g/mol. The van der Waals surface area contributed by atoms with Crippen molar-refractivity contribution in [3.05, 3.63) is 36.1 Å². The van der Waals surface area contributed by atoms with Crippen LogP contribution in [0, 0.1) is 11.8 Å². The zero-order valence-electron chi connectivity index (χ0n) is 12.9. The normalized spacial score (nSPS) is 20.8. The number of furan rings is 1. The number of carboxylic acids is 1. The maximum atomic E-state index is 13.0. The van der Waals surface area contributed by atoms with Crippen LogP contribution in [0.25, 0.3) is 11.0 Å². The van der Waals surface area contributed by atoms with Crippen molar-refractivity contribution in [3.8, 4) is 0 Å². The number of aliphatic carboxylic acids is 1. The number of carbonyl (C=O) groups is 2. The van der Waals surface area contributed by atoms with Crippen LogP contribution in [0.4, 0.5) is 18.0 Å². The van der Waals surface area contributed by atoms with Crippen molar-refractivity contribution in [2.75, 3.05) is 13.1 Å². The first-order valence-electron chi connectivity index (χ1n) is 7.55. The van der Waals surface area contributed by atoms with Crippen molar-refractivity contribution >= 4 is 23.0 Å². The fourth-order valence-corrected chi connectivity index (χ4v) is 3.00. The molecule has 2 N–H and O–H groups in total. The molecule has 6 nitrogen and oxygen atoms in total. The molecule has 2 heterocycles. The number of carbonyl (C=O) groups excluding carboxylic acids is 1. The van der Waals surface area contributed by atoms with Crippen molar-refractivity contribution < 1.29 is 32.3 Å². The molecule has 0 aliphatic carbocycles. The van der Waals surface area contributed by atoms with E-state index in [1.54, 1.807) is 24.3 Å². The third-order valence-corrected chi connectivity index (χ3v) is 4.34. The van der Waals surface area contributed by atoms with Gasteiger partial charge in [0.15, 0.2) is 0 Å². The van der Waals surface area contributed by atoms with E-state index in [0.717, 1.165) is 10.3 Å². The highest BCUT2D eigenvalue weighted by atomic mass is 19.4. The summed E-state index contributed by atoms with van der Waals surface area (Å²) in [6.07, 6.45) is -3.20. The van der Waals surface area contributed by atoms with E-state index in [-0.39, 0.29) is 6.54 Å². The molecule has 0 spiro atoms. The van der Waals surface area contributed by atoms with Gasteiger partial charge in [0, 0.05) is 30.6 Å². The highest BCUT2D eigenvalue weighted by Crippen LogP contribution is 2.37. The number of rotatable bonds is 3. The van der Waals surface area contributed by atoms with E-state index >= 15 is 0 Å². The van der Waals surface area contributed by atoms with Gasteiger partial charge in [0.1, 0.15) is 5.58 Å². The van der Waals surface area contributed by atoms with Crippen molar-refractivity contribution in [1.82, 2.24) is 10.2 Å². The van der Waals surface area contributed by atoms with Crippen LogP contribution in [-0.4, -0.2) is 41.3 Å². The highest BCUT2D eigenvalue weighted by Gasteiger charge is 2.53. The second kappa shape index (κ2) is 6.30. The Hall–Kier alpha value is -2.71. The minimum absolute atomic E-state index is 0.0702. The summed E-state index contributed by atoms with van der Waals surface area (Å²) in [6, 6.07) is 6.42. The molecule has 0 bridgehead atoms. The topological polar surface area (TPSA) is 82.8 Å². The Kier molecular flexibility index (Phi) is 4.32. The third kappa shape index (κ3) is 3.40. The molecular formula is C16H15F3N2O4. The van der Waals surface area contributed by atoms with Gasteiger partial charge in [0.05, 0.1) is 18.1 Å². The van der Waals surface area contributed by atoms with Gasteiger partial charge in [-0.3, -0.25) is 4.79 Å². The van der Waals surface area contributed by atoms with Crippen LogP contribution >= 0.6 is 0 Å². The van der Waals surface area contributed by atoms with Crippen molar-refractivity contribution in [3.63, 3.8) is 0 Å². The van der Waals surface area contributed by atoms with Gasteiger partial charge in [0.25, 0.3) is 0 Å². The van der Waals surface area contributed by atoms with Crippen LogP contribution in [0.2, 0.25) is 0 Å². The molecule has 1 aromatic heterocycles. The monoisotopic (exact) mass is 356 g/mol. The van der Waals surface area contributed by atoms with Gasteiger partial charge in [-0.2, -0.15) is 13.2 Å². The Bertz CT molecular complexity index is 802. The zero-order chi connectivity index (χ0) is 18.2. The molecule has 0 unspecified atom stereocenters. The second-order valence-corrected chi connectivity index (χ2v) is 5.91. The quantitative estimate of drug-likeness (QED) is 0.886. The summed E-state index contributed by atoms with van der Waals surface area (Å²) in [7, 11) is 0. The first-order valence-corrected chi connectivity index (χ1v) is 7.55. The summed E-state index contributed by atoms with van der Waals surface area (Å²) in [5.74, 6) is -5.27. The average Bonchev–Trinajstić information content (AvgIpc) is 3.17. The maximum absolute atomic E-state index is 13.0. The van der Waals surface area contributed by atoms with Gasteiger partial charge < -0.3 is 19.7 Å². The molecule has 134 valence electrons. The SMILES string of the molecule is O=C(O)[C@@H]1CN(C(=O)NCc2coc3ccccc23)C[C@H]1C(F)(F)F. The standard InChI is InChI=1S/C16H15F3N2O4/c17-16(18,19)12-7-21(6-11(12)14(22)23)15(24)20-5-9-8-25-13-4-2-1-3-10(9)13/h1-4,8,11-12H,5-7H2,(H,20,24)(H,22,23)/t11-,12-/m1/s1. The number of benzene rings is 1. The van der Waals surface area contributed by atoms with Crippen LogP contribution in [0.1, 0.15) is 5.56 Å². The minimum atomic E-state index is -4.67. The molecule has 2 atom stereocenters. The number of carboxylic acid groups (broad SMARTS) is 1. The third-order valence-electron chi connectivity index (χ3n) is 4.34. The van der Waals surface area contributed by atoms with E-state index < -0.39 is 43.1 Å². The molecule has 3 rings (SSSR count). The number of hydrogen-bond donors (Lipinski definition) is 2. The fourth-order valence-electron chi connectivity index (χ4n) is 3.00. The van der Waals surface area contributed by atoms with Crippen molar-refractivity contribution in [2.24, 2.45) is 11.8 Å². The predicted octanol–water partition coefficient (Wildman–Crippen LogP) is 2.84. The van der Waals surface area contributed by atoms with Crippen LogP contribution in [0.5, 0.6) is 0 Å². The molecule has 1 aliphatic rings. The van der Waals surface area contributed by atoms with Crippen molar-refractivity contribution in [1.29, 1.82) is 0 Å². The number of halogens is 3. The van der Waals surface area contributed by atoms with E-state index in [9.17, 15) is 22.8 Å². The molecule has 1 fully saturated rings. The molecule has 1 aromatic carbocycles. The molecule has 0 saturated carbocycles. The lowest BCUT2D eigenvalue weighted by molar-refractivity contribution is -0.187. The van der Waals surface area contributed by atoms with Gasteiger partial charge in [-0.25, -0.2) is 4.79 Å². The number of fused-ring (bicyclic) bond motifs is 1. The van der Waals surface area contributed by atoms with E-state index in [2.05, 4.69) is 5.32 Å². The summed E-state index contributed by atoms with van der Waals surface area (Å²) in [5, 5.41) is 12.3.